The van der Waals surface area contributed by atoms with Gasteiger partial charge in [-0.1, -0.05) is 26.3 Å². The van der Waals surface area contributed by atoms with E-state index in [1.807, 2.05) is 6.07 Å². The quantitative estimate of drug-likeness (QED) is 0.789. The molecule has 0 radical (unpaired) electrons. The monoisotopic (exact) mass is 232 g/mol. The molecule has 1 fully saturated rings. The van der Waals surface area contributed by atoms with E-state index in [1.54, 1.807) is 0 Å². The lowest BCUT2D eigenvalue weighted by Gasteiger charge is -2.40. The van der Waals surface area contributed by atoms with Crippen LogP contribution in [0, 0.1) is 12.3 Å². The number of nitrogens with two attached hydrogens (primary N) is 1. The van der Waals surface area contributed by atoms with Crippen LogP contribution in [0.2, 0.25) is 0 Å². The smallest absolute Gasteiger partial charge is 0.0602 e. The van der Waals surface area contributed by atoms with E-state index < -0.39 is 0 Å². The lowest BCUT2D eigenvalue weighted by molar-refractivity contribution is 0.238. The molecule has 2 N–H and O–H groups in total. The van der Waals surface area contributed by atoms with Crippen LogP contribution in [-0.4, -0.2) is 13.1 Å². The van der Waals surface area contributed by atoms with Gasteiger partial charge in [-0.3, -0.25) is 0 Å². The zero-order chi connectivity index (χ0) is 12.5. The number of nitrogen functional groups attached to an aromatic ring is 1. The van der Waals surface area contributed by atoms with Crippen molar-refractivity contribution in [3.05, 3.63) is 23.8 Å². The van der Waals surface area contributed by atoms with Crippen LogP contribution in [0.5, 0.6) is 0 Å². The second-order valence-corrected chi connectivity index (χ2v) is 5.71. The van der Waals surface area contributed by atoms with Crippen molar-refractivity contribution in [1.82, 2.24) is 0 Å². The van der Waals surface area contributed by atoms with Gasteiger partial charge in [-0.15, -0.1) is 0 Å². The number of nitrogens with zero attached hydrogens (tertiary/aromatic N) is 1. The fourth-order valence-corrected chi connectivity index (χ4v) is 2.57. The minimum atomic E-state index is 0.537. The summed E-state index contributed by atoms with van der Waals surface area (Å²) in [4.78, 5) is 2.44. The molecule has 17 heavy (non-hydrogen) atoms. The number of hydrogen-bond acceptors (Lipinski definition) is 2. The highest BCUT2D eigenvalue weighted by Crippen LogP contribution is 2.37. The highest BCUT2D eigenvalue weighted by atomic mass is 15.1. The topological polar surface area (TPSA) is 29.3 Å². The number of piperidine rings is 1. The maximum Gasteiger partial charge on any atom is 0.0602 e. The maximum atomic E-state index is 6.08. The summed E-state index contributed by atoms with van der Waals surface area (Å²) < 4.78 is 0. The Bertz CT molecular complexity index is 390. The largest absolute Gasteiger partial charge is 0.397 e. The number of anilines is 2. The Morgan fingerprint density at radius 3 is 2.53 bits per heavy atom. The van der Waals surface area contributed by atoms with Crippen molar-refractivity contribution in [1.29, 1.82) is 0 Å². The Balaban J connectivity index is 2.13. The molecule has 0 aliphatic carbocycles. The summed E-state index contributed by atoms with van der Waals surface area (Å²) in [6, 6.07) is 6.32. The van der Waals surface area contributed by atoms with Crippen LogP contribution in [0.1, 0.15) is 38.7 Å². The summed E-state index contributed by atoms with van der Waals surface area (Å²) in [5, 5.41) is 0. The van der Waals surface area contributed by atoms with Crippen LogP contribution >= 0.6 is 0 Å². The van der Waals surface area contributed by atoms with Crippen molar-refractivity contribution in [2.24, 2.45) is 5.41 Å². The first-order valence-electron chi connectivity index (χ1n) is 6.65. The third-order valence-corrected chi connectivity index (χ3v) is 4.35. The molecule has 94 valence electrons. The van der Waals surface area contributed by atoms with E-state index in [-0.39, 0.29) is 0 Å². The molecule has 2 heteroatoms. The van der Waals surface area contributed by atoms with Gasteiger partial charge in [0.1, 0.15) is 0 Å². The normalized spacial score (nSPS) is 19.4. The standard InChI is InChI=1S/C15H24N2/c1-4-15(3)7-9-17(10-8-15)14-11-12(2)5-6-13(14)16/h5-6,11H,4,7-10,16H2,1-3H3. The summed E-state index contributed by atoms with van der Waals surface area (Å²) in [6.07, 6.45) is 3.83. The lowest BCUT2D eigenvalue weighted by Crippen LogP contribution is -2.38. The SMILES string of the molecule is CCC1(C)CCN(c2cc(C)ccc2N)CC1. The van der Waals surface area contributed by atoms with E-state index >= 15 is 0 Å². The van der Waals surface area contributed by atoms with E-state index in [0.717, 1.165) is 18.8 Å². The number of hydrogen-bond donors (Lipinski definition) is 1. The molecule has 1 heterocycles. The van der Waals surface area contributed by atoms with Crippen molar-refractivity contribution in [2.45, 2.75) is 40.0 Å². The number of benzene rings is 1. The predicted molar refractivity (Wildman–Crippen MR) is 75.4 cm³/mol. The van der Waals surface area contributed by atoms with Gasteiger partial charge in [0.25, 0.3) is 0 Å². The van der Waals surface area contributed by atoms with Crippen molar-refractivity contribution in [2.75, 3.05) is 23.7 Å². The fourth-order valence-electron chi connectivity index (χ4n) is 2.57. The van der Waals surface area contributed by atoms with Crippen molar-refractivity contribution >= 4 is 11.4 Å². The highest BCUT2D eigenvalue weighted by Gasteiger charge is 2.28. The minimum Gasteiger partial charge on any atom is -0.397 e. The molecule has 1 aliphatic heterocycles. The van der Waals surface area contributed by atoms with Gasteiger partial charge in [-0.05, 0) is 42.9 Å². The van der Waals surface area contributed by atoms with Crippen molar-refractivity contribution in [3.8, 4) is 0 Å². The number of rotatable bonds is 2. The van der Waals surface area contributed by atoms with Gasteiger partial charge in [0.15, 0.2) is 0 Å². The van der Waals surface area contributed by atoms with E-state index in [9.17, 15) is 0 Å². The molecular weight excluding hydrogens is 208 g/mol. The Hall–Kier alpha value is -1.18. The summed E-state index contributed by atoms with van der Waals surface area (Å²) in [5.74, 6) is 0. The molecule has 0 unspecified atom stereocenters. The minimum absolute atomic E-state index is 0.537. The van der Waals surface area contributed by atoms with E-state index in [4.69, 9.17) is 5.73 Å². The van der Waals surface area contributed by atoms with E-state index in [2.05, 4.69) is 37.8 Å². The summed E-state index contributed by atoms with van der Waals surface area (Å²) in [7, 11) is 0. The van der Waals surface area contributed by atoms with Gasteiger partial charge < -0.3 is 10.6 Å². The molecule has 0 bridgehead atoms. The van der Waals surface area contributed by atoms with Gasteiger partial charge in [0.05, 0.1) is 11.4 Å². The zero-order valence-electron chi connectivity index (χ0n) is 11.3. The average molecular weight is 232 g/mol. The molecule has 1 aliphatic rings. The van der Waals surface area contributed by atoms with Gasteiger partial charge in [-0.2, -0.15) is 0 Å². The maximum absolute atomic E-state index is 6.08. The molecule has 2 rings (SSSR count). The van der Waals surface area contributed by atoms with Crippen molar-refractivity contribution < 1.29 is 0 Å². The van der Waals surface area contributed by atoms with Crippen molar-refractivity contribution in [3.63, 3.8) is 0 Å². The Morgan fingerprint density at radius 2 is 1.94 bits per heavy atom. The van der Waals surface area contributed by atoms with Gasteiger partial charge in [0, 0.05) is 13.1 Å². The Kier molecular flexibility index (Phi) is 3.32. The highest BCUT2D eigenvalue weighted by molar-refractivity contribution is 5.68. The molecule has 0 spiro atoms. The zero-order valence-corrected chi connectivity index (χ0v) is 11.3. The molecule has 0 saturated carbocycles. The number of aryl methyl sites for hydroxylation is 1. The van der Waals surface area contributed by atoms with Crippen LogP contribution < -0.4 is 10.6 Å². The van der Waals surface area contributed by atoms with Gasteiger partial charge in [-0.25, -0.2) is 0 Å². The molecule has 2 nitrogen and oxygen atoms in total. The molecular formula is C15H24N2. The average Bonchev–Trinajstić information content (AvgIpc) is 2.34. The van der Waals surface area contributed by atoms with Crippen LogP contribution in [0.25, 0.3) is 0 Å². The van der Waals surface area contributed by atoms with Crippen LogP contribution in [-0.2, 0) is 0 Å². The summed E-state index contributed by atoms with van der Waals surface area (Å²) >= 11 is 0. The molecule has 0 aromatic heterocycles. The second kappa shape index (κ2) is 4.59. The summed E-state index contributed by atoms with van der Waals surface area (Å²) in [5.41, 5.74) is 10.0. The summed E-state index contributed by atoms with van der Waals surface area (Å²) in [6.45, 7) is 9.11. The predicted octanol–water partition coefficient (Wildman–Crippen LogP) is 3.59. The molecule has 0 atom stereocenters. The molecule has 1 saturated heterocycles. The molecule has 1 aromatic carbocycles. The fraction of sp³-hybridized carbons (Fsp3) is 0.600. The Labute approximate surface area is 105 Å². The first-order valence-corrected chi connectivity index (χ1v) is 6.65. The third-order valence-electron chi connectivity index (χ3n) is 4.35. The van der Waals surface area contributed by atoms with Gasteiger partial charge >= 0.3 is 0 Å². The van der Waals surface area contributed by atoms with Crippen LogP contribution in [0.15, 0.2) is 18.2 Å². The van der Waals surface area contributed by atoms with E-state index in [1.165, 1.54) is 30.5 Å². The van der Waals surface area contributed by atoms with Crippen LogP contribution in [0.4, 0.5) is 11.4 Å². The Morgan fingerprint density at radius 1 is 1.29 bits per heavy atom. The van der Waals surface area contributed by atoms with Crippen LogP contribution in [0.3, 0.4) is 0 Å². The van der Waals surface area contributed by atoms with Gasteiger partial charge in [0.2, 0.25) is 0 Å². The second-order valence-electron chi connectivity index (χ2n) is 5.71. The molecule has 1 aromatic rings. The first kappa shape index (κ1) is 12.3. The lowest BCUT2D eigenvalue weighted by atomic mass is 9.78. The van der Waals surface area contributed by atoms with E-state index in [0.29, 0.717) is 5.41 Å². The molecule has 0 amide bonds. The first-order chi connectivity index (χ1) is 8.04. The third kappa shape index (κ3) is 2.56.